The molecule has 0 bridgehead atoms. The van der Waals surface area contributed by atoms with E-state index in [9.17, 15) is 4.39 Å². The molecule has 0 aliphatic rings. The summed E-state index contributed by atoms with van der Waals surface area (Å²) in [5, 5.41) is 0. The molecule has 0 atom stereocenters. The summed E-state index contributed by atoms with van der Waals surface area (Å²) in [4.78, 5) is 3.96. The minimum atomic E-state index is -0.392. The summed E-state index contributed by atoms with van der Waals surface area (Å²) in [6.07, 6.45) is 3.37. The van der Waals surface area contributed by atoms with E-state index in [1.54, 1.807) is 24.5 Å². The second-order valence-electron chi connectivity index (χ2n) is 3.62. The van der Waals surface area contributed by atoms with E-state index in [1.807, 2.05) is 12.1 Å². The van der Waals surface area contributed by atoms with Crippen LogP contribution in [0.4, 0.5) is 4.39 Å². The molecule has 0 unspecified atom stereocenters. The number of rotatable bonds is 4. The van der Waals surface area contributed by atoms with Gasteiger partial charge in [0.1, 0.15) is 6.61 Å². The van der Waals surface area contributed by atoms with Crippen LogP contribution in [0.15, 0.2) is 42.7 Å². The molecule has 2 aromatic rings. The molecule has 0 radical (unpaired) electrons. The quantitative estimate of drug-likeness (QED) is 0.879. The first-order valence-electron chi connectivity index (χ1n) is 5.30. The number of hydrogen-bond donors (Lipinski definition) is 1. The lowest BCUT2D eigenvalue weighted by Gasteiger charge is -2.07. The van der Waals surface area contributed by atoms with Gasteiger partial charge in [-0.25, -0.2) is 4.39 Å². The maximum atomic E-state index is 13.5. The Morgan fingerprint density at radius 1 is 1.24 bits per heavy atom. The third kappa shape index (κ3) is 3.01. The second-order valence-corrected chi connectivity index (χ2v) is 3.62. The van der Waals surface area contributed by atoms with Gasteiger partial charge < -0.3 is 10.5 Å². The van der Waals surface area contributed by atoms with Crippen molar-refractivity contribution in [2.45, 2.75) is 13.2 Å². The minimum absolute atomic E-state index is 0.228. The van der Waals surface area contributed by atoms with Crippen molar-refractivity contribution in [3.05, 3.63) is 59.7 Å². The lowest BCUT2D eigenvalue weighted by molar-refractivity contribution is 0.289. The van der Waals surface area contributed by atoms with Crippen LogP contribution in [0.25, 0.3) is 0 Å². The Balaban J connectivity index is 2.04. The van der Waals surface area contributed by atoms with E-state index in [-0.39, 0.29) is 5.75 Å². The van der Waals surface area contributed by atoms with E-state index < -0.39 is 5.82 Å². The van der Waals surface area contributed by atoms with Crippen molar-refractivity contribution < 1.29 is 9.13 Å². The number of hydrogen-bond acceptors (Lipinski definition) is 3. The molecule has 0 spiro atoms. The van der Waals surface area contributed by atoms with E-state index in [2.05, 4.69) is 4.98 Å². The van der Waals surface area contributed by atoms with Crippen LogP contribution < -0.4 is 10.5 Å². The lowest BCUT2D eigenvalue weighted by atomic mass is 10.2. The summed E-state index contributed by atoms with van der Waals surface area (Å²) in [6.45, 7) is 0.618. The average Bonchev–Trinajstić information content (AvgIpc) is 2.38. The molecule has 0 saturated heterocycles. The first-order valence-corrected chi connectivity index (χ1v) is 5.30. The third-order valence-corrected chi connectivity index (χ3v) is 2.35. The molecule has 1 aromatic heterocycles. The third-order valence-electron chi connectivity index (χ3n) is 2.35. The summed E-state index contributed by atoms with van der Waals surface area (Å²) in [7, 11) is 0. The molecule has 3 nitrogen and oxygen atoms in total. The minimum Gasteiger partial charge on any atom is -0.486 e. The van der Waals surface area contributed by atoms with Gasteiger partial charge in [0.2, 0.25) is 0 Å². The van der Waals surface area contributed by atoms with E-state index in [1.165, 1.54) is 6.07 Å². The largest absolute Gasteiger partial charge is 0.486 e. The molecular formula is C13H13FN2O. The first kappa shape index (κ1) is 11.5. The van der Waals surface area contributed by atoms with E-state index in [4.69, 9.17) is 10.5 Å². The van der Waals surface area contributed by atoms with E-state index in [0.29, 0.717) is 13.2 Å². The topological polar surface area (TPSA) is 48.1 Å². The molecular weight excluding hydrogens is 219 g/mol. The van der Waals surface area contributed by atoms with Crippen LogP contribution in [0.1, 0.15) is 11.1 Å². The number of nitrogens with two attached hydrogens (primary N) is 1. The highest BCUT2D eigenvalue weighted by Crippen LogP contribution is 2.19. The number of halogens is 1. The first-order chi connectivity index (χ1) is 8.29. The van der Waals surface area contributed by atoms with Crippen molar-refractivity contribution in [3.8, 4) is 5.75 Å². The zero-order valence-electron chi connectivity index (χ0n) is 9.27. The fraction of sp³-hybridized carbons (Fsp3) is 0.154. The van der Waals surface area contributed by atoms with Crippen LogP contribution in [-0.2, 0) is 13.2 Å². The maximum absolute atomic E-state index is 13.5. The second kappa shape index (κ2) is 5.41. The lowest BCUT2D eigenvalue weighted by Crippen LogP contribution is -2.00. The van der Waals surface area contributed by atoms with Crippen LogP contribution in [0.5, 0.6) is 5.75 Å². The van der Waals surface area contributed by atoms with E-state index >= 15 is 0 Å². The van der Waals surface area contributed by atoms with Crippen molar-refractivity contribution in [2.24, 2.45) is 5.73 Å². The van der Waals surface area contributed by atoms with Gasteiger partial charge >= 0.3 is 0 Å². The highest BCUT2D eigenvalue weighted by Gasteiger charge is 2.04. The monoisotopic (exact) mass is 232 g/mol. The molecule has 1 aromatic carbocycles. The molecule has 17 heavy (non-hydrogen) atoms. The average molecular weight is 232 g/mol. The zero-order valence-corrected chi connectivity index (χ0v) is 9.27. The van der Waals surface area contributed by atoms with Gasteiger partial charge in [0.25, 0.3) is 0 Å². The Morgan fingerprint density at radius 2 is 2.12 bits per heavy atom. The molecule has 2 rings (SSSR count). The predicted octanol–water partition coefficient (Wildman–Crippen LogP) is 2.26. The van der Waals surface area contributed by atoms with Gasteiger partial charge in [-0.1, -0.05) is 12.1 Å². The number of aromatic nitrogens is 1. The Hall–Kier alpha value is -1.94. The molecule has 0 aliphatic carbocycles. The molecule has 88 valence electrons. The molecule has 1 heterocycles. The summed E-state index contributed by atoms with van der Waals surface area (Å²) in [5.74, 6) is -0.164. The van der Waals surface area contributed by atoms with Crippen molar-refractivity contribution in [1.29, 1.82) is 0 Å². The Labute approximate surface area is 99.1 Å². The molecule has 0 fully saturated rings. The van der Waals surface area contributed by atoms with Crippen LogP contribution in [0, 0.1) is 5.82 Å². The fourth-order valence-electron chi connectivity index (χ4n) is 1.43. The summed E-state index contributed by atoms with van der Waals surface area (Å²) in [5.41, 5.74) is 7.06. The predicted molar refractivity (Wildman–Crippen MR) is 62.9 cm³/mol. The van der Waals surface area contributed by atoms with Crippen LogP contribution in [0.2, 0.25) is 0 Å². The van der Waals surface area contributed by atoms with Crippen LogP contribution in [0.3, 0.4) is 0 Å². The molecule has 0 saturated carbocycles. The van der Waals surface area contributed by atoms with Crippen LogP contribution >= 0.6 is 0 Å². The highest BCUT2D eigenvalue weighted by atomic mass is 19.1. The zero-order chi connectivity index (χ0) is 12.1. The number of pyridine rings is 1. The Bertz CT molecular complexity index is 488. The smallest absolute Gasteiger partial charge is 0.165 e. The van der Waals surface area contributed by atoms with Gasteiger partial charge in [-0.3, -0.25) is 4.98 Å². The summed E-state index contributed by atoms with van der Waals surface area (Å²) >= 11 is 0. The normalized spacial score (nSPS) is 10.2. The van der Waals surface area contributed by atoms with E-state index in [0.717, 1.165) is 11.1 Å². The standard InChI is InChI=1S/C13H13FN2O/c14-12-6-10(7-15)3-4-13(12)17-9-11-2-1-5-16-8-11/h1-6,8H,7,9,15H2. The summed E-state index contributed by atoms with van der Waals surface area (Å²) in [6, 6.07) is 8.42. The van der Waals surface area contributed by atoms with Gasteiger partial charge in [0.05, 0.1) is 0 Å². The van der Waals surface area contributed by atoms with Gasteiger partial charge in [-0.2, -0.15) is 0 Å². The summed E-state index contributed by atoms with van der Waals surface area (Å²) < 4.78 is 18.9. The van der Waals surface area contributed by atoms with Gasteiger partial charge in [0.15, 0.2) is 11.6 Å². The van der Waals surface area contributed by atoms with Crippen LogP contribution in [-0.4, -0.2) is 4.98 Å². The maximum Gasteiger partial charge on any atom is 0.165 e. The Kier molecular flexibility index (Phi) is 3.67. The van der Waals surface area contributed by atoms with Gasteiger partial charge in [-0.05, 0) is 23.8 Å². The molecule has 2 N–H and O–H groups in total. The fourth-order valence-corrected chi connectivity index (χ4v) is 1.43. The van der Waals surface area contributed by atoms with Crippen molar-refractivity contribution in [2.75, 3.05) is 0 Å². The van der Waals surface area contributed by atoms with Crippen molar-refractivity contribution >= 4 is 0 Å². The molecule has 0 amide bonds. The number of nitrogens with zero attached hydrogens (tertiary/aromatic N) is 1. The number of ether oxygens (including phenoxy) is 1. The SMILES string of the molecule is NCc1ccc(OCc2cccnc2)c(F)c1. The number of benzene rings is 1. The highest BCUT2D eigenvalue weighted by molar-refractivity contribution is 5.29. The Morgan fingerprint density at radius 3 is 2.76 bits per heavy atom. The van der Waals surface area contributed by atoms with Gasteiger partial charge in [-0.15, -0.1) is 0 Å². The van der Waals surface area contributed by atoms with Gasteiger partial charge in [0, 0.05) is 24.5 Å². The molecule has 4 heteroatoms. The van der Waals surface area contributed by atoms with Crippen molar-refractivity contribution in [3.63, 3.8) is 0 Å². The van der Waals surface area contributed by atoms with Crippen molar-refractivity contribution in [1.82, 2.24) is 4.98 Å². The molecule has 0 aliphatic heterocycles.